The van der Waals surface area contributed by atoms with Crippen LogP contribution in [0.2, 0.25) is 0 Å². The maximum absolute atomic E-state index is 5.24. The maximum Gasteiger partial charge on any atom is 0.147 e. The lowest BCUT2D eigenvalue weighted by atomic mass is 10.2. The molecule has 3 aromatic rings. The van der Waals surface area contributed by atoms with Crippen LogP contribution in [-0.2, 0) is 6.54 Å². The molecule has 0 spiro atoms. The Labute approximate surface area is 154 Å². The second-order valence-electron chi connectivity index (χ2n) is 6.68. The van der Waals surface area contributed by atoms with Gasteiger partial charge in [-0.15, -0.1) is 0 Å². The molecule has 0 radical (unpaired) electrons. The Hall–Kier alpha value is -2.66. The van der Waals surface area contributed by atoms with E-state index < -0.39 is 0 Å². The van der Waals surface area contributed by atoms with E-state index in [-0.39, 0.29) is 0 Å². The van der Waals surface area contributed by atoms with Crippen LogP contribution in [0.15, 0.2) is 54.7 Å². The van der Waals surface area contributed by atoms with Crippen molar-refractivity contribution in [1.82, 2.24) is 14.9 Å². The zero-order chi connectivity index (χ0) is 17.8. The van der Waals surface area contributed by atoms with Gasteiger partial charge in [-0.3, -0.25) is 9.88 Å². The summed E-state index contributed by atoms with van der Waals surface area (Å²) in [6.07, 6.45) is 3.03. The quantitative estimate of drug-likeness (QED) is 0.723. The zero-order valence-electron chi connectivity index (χ0n) is 15.1. The first kappa shape index (κ1) is 16.8. The van der Waals surface area contributed by atoms with Crippen LogP contribution in [0.5, 0.6) is 5.75 Å². The predicted molar refractivity (Wildman–Crippen MR) is 105 cm³/mol. The largest absolute Gasteiger partial charge is 0.497 e. The van der Waals surface area contributed by atoms with Crippen LogP contribution in [0.1, 0.15) is 12.0 Å². The molecule has 5 nitrogen and oxygen atoms in total. The van der Waals surface area contributed by atoms with Crippen molar-refractivity contribution < 1.29 is 4.74 Å². The number of benzene rings is 2. The molecular formula is C21H24N4O. The SMILES string of the molecule is COc1ccc(CN2CCCN(c3cnc4ccccc4n3)CC2)cc1. The van der Waals surface area contributed by atoms with Crippen LogP contribution in [0.25, 0.3) is 11.0 Å². The predicted octanol–water partition coefficient (Wildman–Crippen LogP) is 3.35. The van der Waals surface area contributed by atoms with Crippen molar-refractivity contribution in [1.29, 1.82) is 0 Å². The lowest BCUT2D eigenvalue weighted by molar-refractivity contribution is 0.285. The number of para-hydroxylation sites is 2. The van der Waals surface area contributed by atoms with Gasteiger partial charge in [-0.2, -0.15) is 0 Å². The average Bonchev–Trinajstić information content (AvgIpc) is 2.94. The van der Waals surface area contributed by atoms with Gasteiger partial charge in [0.25, 0.3) is 0 Å². The van der Waals surface area contributed by atoms with E-state index in [1.165, 1.54) is 5.56 Å². The molecule has 0 amide bonds. The number of hydrogen-bond acceptors (Lipinski definition) is 5. The number of anilines is 1. The molecule has 5 heteroatoms. The zero-order valence-corrected chi connectivity index (χ0v) is 15.1. The smallest absolute Gasteiger partial charge is 0.147 e. The van der Waals surface area contributed by atoms with Crippen LogP contribution >= 0.6 is 0 Å². The van der Waals surface area contributed by atoms with Crippen LogP contribution < -0.4 is 9.64 Å². The molecule has 1 aliphatic rings. The highest BCUT2D eigenvalue weighted by atomic mass is 16.5. The van der Waals surface area contributed by atoms with Gasteiger partial charge in [0.2, 0.25) is 0 Å². The summed E-state index contributed by atoms with van der Waals surface area (Å²) in [5.74, 6) is 1.89. The monoisotopic (exact) mass is 348 g/mol. The first-order valence-corrected chi connectivity index (χ1v) is 9.14. The minimum absolute atomic E-state index is 0.908. The summed E-state index contributed by atoms with van der Waals surface area (Å²) in [7, 11) is 1.70. The van der Waals surface area contributed by atoms with Crippen molar-refractivity contribution in [3.63, 3.8) is 0 Å². The van der Waals surface area contributed by atoms with Gasteiger partial charge in [-0.05, 0) is 36.2 Å². The molecule has 1 saturated heterocycles. The van der Waals surface area contributed by atoms with Crippen molar-refractivity contribution >= 4 is 16.9 Å². The fraction of sp³-hybridized carbons (Fsp3) is 0.333. The molecule has 1 fully saturated rings. The first-order valence-electron chi connectivity index (χ1n) is 9.14. The van der Waals surface area contributed by atoms with Gasteiger partial charge in [0, 0.05) is 32.7 Å². The summed E-state index contributed by atoms with van der Waals surface area (Å²) in [6.45, 7) is 5.10. The Kier molecular flexibility index (Phi) is 4.97. The van der Waals surface area contributed by atoms with Crippen LogP contribution in [-0.4, -0.2) is 48.2 Å². The molecule has 0 aliphatic carbocycles. The van der Waals surface area contributed by atoms with E-state index in [2.05, 4.69) is 26.9 Å². The molecule has 0 N–H and O–H groups in total. The average molecular weight is 348 g/mol. The fourth-order valence-corrected chi connectivity index (χ4v) is 3.45. The van der Waals surface area contributed by atoms with Gasteiger partial charge in [-0.25, -0.2) is 4.98 Å². The van der Waals surface area contributed by atoms with Gasteiger partial charge < -0.3 is 9.64 Å². The third kappa shape index (κ3) is 3.78. The number of rotatable bonds is 4. The minimum Gasteiger partial charge on any atom is -0.497 e. The summed E-state index contributed by atoms with van der Waals surface area (Å²) in [4.78, 5) is 14.2. The molecule has 1 aliphatic heterocycles. The molecule has 0 saturated carbocycles. The molecule has 0 bridgehead atoms. The highest BCUT2D eigenvalue weighted by Crippen LogP contribution is 2.18. The third-order valence-corrected chi connectivity index (χ3v) is 4.91. The number of ether oxygens (including phenoxy) is 1. The molecule has 2 aromatic carbocycles. The lowest BCUT2D eigenvalue weighted by Crippen LogP contribution is -2.31. The van der Waals surface area contributed by atoms with E-state index in [0.29, 0.717) is 0 Å². The molecule has 0 unspecified atom stereocenters. The maximum atomic E-state index is 5.24. The summed E-state index contributed by atoms with van der Waals surface area (Å²) in [6, 6.07) is 16.4. The van der Waals surface area contributed by atoms with Gasteiger partial charge in [0.05, 0.1) is 24.3 Å². The lowest BCUT2D eigenvalue weighted by Gasteiger charge is -2.22. The van der Waals surface area contributed by atoms with Gasteiger partial charge in [-0.1, -0.05) is 24.3 Å². The summed E-state index contributed by atoms with van der Waals surface area (Å²) >= 11 is 0. The fourth-order valence-electron chi connectivity index (χ4n) is 3.45. The second kappa shape index (κ2) is 7.70. The molecular weight excluding hydrogens is 324 g/mol. The van der Waals surface area contributed by atoms with Gasteiger partial charge >= 0.3 is 0 Å². The van der Waals surface area contributed by atoms with Crippen molar-refractivity contribution in [2.75, 3.05) is 38.2 Å². The number of hydrogen-bond donors (Lipinski definition) is 0. The van der Waals surface area contributed by atoms with E-state index in [9.17, 15) is 0 Å². The third-order valence-electron chi connectivity index (χ3n) is 4.91. The second-order valence-corrected chi connectivity index (χ2v) is 6.68. The Balaban J connectivity index is 1.41. The highest BCUT2D eigenvalue weighted by Gasteiger charge is 2.17. The molecule has 1 aromatic heterocycles. The van der Waals surface area contributed by atoms with E-state index in [1.807, 2.05) is 42.6 Å². The van der Waals surface area contributed by atoms with Crippen LogP contribution in [0, 0.1) is 0 Å². The standard InChI is InChI=1S/C21H24N4O/c1-26-18-9-7-17(8-10-18)16-24-11-4-12-25(14-13-24)21-15-22-19-5-2-3-6-20(19)23-21/h2-3,5-10,15H,4,11-14,16H2,1H3. The summed E-state index contributed by atoms with van der Waals surface area (Å²) in [5.41, 5.74) is 3.24. The van der Waals surface area contributed by atoms with Crippen molar-refractivity contribution in [3.8, 4) is 5.75 Å². The van der Waals surface area contributed by atoms with Crippen molar-refractivity contribution in [3.05, 3.63) is 60.3 Å². The van der Waals surface area contributed by atoms with Gasteiger partial charge in [0.15, 0.2) is 0 Å². The van der Waals surface area contributed by atoms with Crippen molar-refractivity contribution in [2.45, 2.75) is 13.0 Å². The van der Waals surface area contributed by atoms with E-state index in [0.717, 1.165) is 61.7 Å². The van der Waals surface area contributed by atoms with E-state index in [4.69, 9.17) is 9.72 Å². The number of nitrogens with zero attached hydrogens (tertiary/aromatic N) is 4. The molecule has 26 heavy (non-hydrogen) atoms. The molecule has 134 valence electrons. The number of methoxy groups -OCH3 is 1. The minimum atomic E-state index is 0.908. The highest BCUT2D eigenvalue weighted by molar-refractivity contribution is 5.75. The Morgan fingerprint density at radius 1 is 0.923 bits per heavy atom. The first-order chi connectivity index (χ1) is 12.8. The van der Waals surface area contributed by atoms with Crippen LogP contribution in [0.4, 0.5) is 5.82 Å². The Morgan fingerprint density at radius 3 is 2.54 bits per heavy atom. The number of aromatic nitrogens is 2. The van der Waals surface area contributed by atoms with Crippen molar-refractivity contribution in [2.24, 2.45) is 0 Å². The summed E-state index contributed by atoms with van der Waals surface area (Å²) in [5, 5.41) is 0. The Morgan fingerprint density at radius 2 is 1.73 bits per heavy atom. The topological polar surface area (TPSA) is 41.5 Å². The molecule has 2 heterocycles. The molecule has 4 rings (SSSR count). The van der Waals surface area contributed by atoms with E-state index >= 15 is 0 Å². The van der Waals surface area contributed by atoms with E-state index in [1.54, 1.807) is 7.11 Å². The summed E-state index contributed by atoms with van der Waals surface area (Å²) < 4.78 is 5.24. The Bertz CT molecular complexity index is 865. The van der Waals surface area contributed by atoms with Gasteiger partial charge in [0.1, 0.15) is 11.6 Å². The molecule has 0 atom stereocenters. The number of fused-ring (bicyclic) bond motifs is 1. The normalized spacial score (nSPS) is 15.8. The van der Waals surface area contributed by atoms with Crippen LogP contribution in [0.3, 0.4) is 0 Å².